The Bertz CT molecular complexity index is 1660. The number of ether oxygens (including phenoxy) is 4. The molecule has 6 nitrogen and oxygen atoms in total. The quantitative estimate of drug-likeness (QED) is 0.167. The van der Waals surface area contributed by atoms with Crippen LogP contribution in [0, 0.1) is 0 Å². The number of rotatable bonds is 9. The average Bonchev–Trinajstić information content (AvgIpc) is 3.50. The number of carbonyl (C=O) groups is 1. The topological polar surface area (TPSA) is 57.2 Å². The predicted octanol–water partition coefficient (Wildman–Crippen LogP) is 7.58. The Morgan fingerprint density at radius 3 is 1.64 bits per heavy atom. The summed E-state index contributed by atoms with van der Waals surface area (Å²) >= 11 is 0. The fourth-order valence-corrected chi connectivity index (χ4v) is 5.94. The fraction of sp³-hybridized carbons (Fsp3) is 0.184. The highest BCUT2D eigenvalue weighted by Gasteiger charge is 2.54. The van der Waals surface area contributed by atoms with Gasteiger partial charge in [0.25, 0.3) is 0 Å². The van der Waals surface area contributed by atoms with Gasteiger partial charge in [0, 0.05) is 0 Å². The zero-order valence-electron chi connectivity index (χ0n) is 24.2. The van der Waals surface area contributed by atoms with Crippen LogP contribution in [0.15, 0.2) is 140 Å². The molecular weight excluding hydrogens is 550 g/mol. The number of carbonyl (C=O) groups excluding carboxylic acids is 1. The van der Waals surface area contributed by atoms with E-state index in [0.29, 0.717) is 13.2 Å². The molecule has 44 heavy (non-hydrogen) atoms. The number of esters is 1. The summed E-state index contributed by atoms with van der Waals surface area (Å²) in [6.07, 6.45) is -0.976. The Kier molecular flexibility index (Phi) is 8.09. The molecule has 0 aliphatic carbocycles. The van der Waals surface area contributed by atoms with E-state index in [1.165, 1.54) is 0 Å². The van der Waals surface area contributed by atoms with Crippen LogP contribution in [0.2, 0.25) is 0 Å². The zero-order chi connectivity index (χ0) is 29.7. The van der Waals surface area contributed by atoms with E-state index >= 15 is 0 Å². The standard InChI is InChI=1S/C38H33NO5/c40-38-35-36(30-16-20-32(21-17-30)41-24-27-10-4-1-5-11-27)44-37(39(35)34(26-43-38)29-14-8-3-9-15-29)31-18-22-33(23-19-31)42-25-28-12-6-2-7-13-28/h1-23,34-37H,24-26H2/t34-,35+,36-,37+/m1/s1. The smallest absolute Gasteiger partial charge is 0.326 e. The number of hydrogen-bond donors (Lipinski definition) is 0. The molecule has 220 valence electrons. The molecule has 4 atom stereocenters. The van der Waals surface area contributed by atoms with Gasteiger partial charge in [-0.2, -0.15) is 0 Å². The first-order valence-corrected chi connectivity index (χ1v) is 14.9. The molecule has 6 heteroatoms. The molecule has 5 aromatic rings. The molecule has 0 bridgehead atoms. The van der Waals surface area contributed by atoms with Gasteiger partial charge in [0.2, 0.25) is 0 Å². The molecule has 7 rings (SSSR count). The SMILES string of the molecule is O=C1OC[C@H](c2ccccc2)N2[C@H]1[C@@H](c1ccc(OCc3ccccc3)cc1)O[C@H]2c1ccc(OCc2ccccc2)cc1. The summed E-state index contributed by atoms with van der Waals surface area (Å²) in [5.74, 6) is 1.24. The lowest BCUT2D eigenvalue weighted by molar-refractivity contribution is -0.163. The first kappa shape index (κ1) is 27.9. The molecule has 0 aromatic heterocycles. The van der Waals surface area contributed by atoms with Crippen molar-refractivity contribution >= 4 is 5.97 Å². The highest BCUT2D eigenvalue weighted by molar-refractivity contribution is 5.78. The van der Waals surface area contributed by atoms with E-state index in [2.05, 4.69) is 17.0 Å². The summed E-state index contributed by atoms with van der Waals surface area (Å²) in [5, 5.41) is 0. The maximum absolute atomic E-state index is 13.4. The average molecular weight is 584 g/mol. The van der Waals surface area contributed by atoms with Gasteiger partial charge >= 0.3 is 5.97 Å². The Morgan fingerprint density at radius 2 is 1.09 bits per heavy atom. The van der Waals surface area contributed by atoms with Gasteiger partial charge in [0.15, 0.2) is 0 Å². The third kappa shape index (κ3) is 5.95. The van der Waals surface area contributed by atoms with Crippen molar-refractivity contribution in [2.75, 3.05) is 6.61 Å². The molecule has 0 N–H and O–H groups in total. The van der Waals surface area contributed by atoms with Gasteiger partial charge in [-0.3, -0.25) is 4.79 Å². The van der Waals surface area contributed by atoms with Crippen LogP contribution in [0.1, 0.15) is 46.2 Å². The van der Waals surface area contributed by atoms with Crippen molar-refractivity contribution in [2.24, 2.45) is 0 Å². The van der Waals surface area contributed by atoms with Crippen LogP contribution in [0.5, 0.6) is 11.5 Å². The normalized spacial score (nSPS) is 21.3. The molecule has 2 heterocycles. The minimum absolute atomic E-state index is 0.156. The third-order valence-electron chi connectivity index (χ3n) is 8.19. The van der Waals surface area contributed by atoms with Gasteiger partial charge in [-0.25, -0.2) is 4.90 Å². The number of hydrogen-bond acceptors (Lipinski definition) is 6. The minimum Gasteiger partial charge on any atom is -0.489 e. The second kappa shape index (κ2) is 12.8. The summed E-state index contributed by atoms with van der Waals surface area (Å²) in [7, 11) is 0. The second-order valence-corrected chi connectivity index (χ2v) is 11.0. The summed E-state index contributed by atoms with van der Waals surface area (Å²) in [5.41, 5.74) is 5.12. The lowest BCUT2D eigenvalue weighted by atomic mass is 9.96. The molecule has 2 fully saturated rings. The highest BCUT2D eigenvalue weighted by atomic mass is 16.6. The number of benzene rings is 5. The molecule has 2 aliphatic rings. The van der Waals surface area contributed by atoms with E-state index in [1.54, 1.807) is 0 Å². The molecule has 2 saturated heterocycles. The van der Waals surface area contributed by atoms with Gasteiger partial charge in [0.05, 0.1) is 6.04 Å². The monoisotopic (exact) mass is 583 g/mol. The van der Waals surface area contributed by atoms with Crippen molar-refractivity contribution in [1.82, 2.24) is 4.90 Å². The molecule has 0 spiro atoms. The summed E-state index contributed by atoms with van der Waals surface area (Å²) in [4.78, 5) is 15.6. The first-order valence-electron chi connectivity index (χ1n) is 14.9. The van der Waals surface area contributed by atoms with Crippen molar-refractivity contribution in [3.8, 4) is 11.5 Å². The highest BCUT2D eigenvalue weighted by Crippen LogP contribution is 2.49. The number of nitrogens with zero attached hydrogens (tertiary/aromatic N) is 1. The second-order valence-electron chi connectivity index (χ2n) is 11.0. The van der Waals surface area contributed by atoms with Gasteiger partial charge in [-0.1, -0.05) is 115 Å². The van der Waals surface area contributed by atoms with Crippen LogP contribution in [-0.4, -0.2) is 23.5 Å². The van der Waals surface area contributed by atoms with Crippen molar-refractivity contribution in [3.05, 3.63) is 167 Å². The van der Waals surface area contributed by atoms with E-state index in [9.17, 15) is 4.79 Å². The van der Waals surface area contributed by atoms with Crippen molar-refractivity contribution in [2.45, 2.75) is 37.6 Å². The van der Waals surface area contributed by atoms with Crippen LogP contribution < -0.4 is 9.47 Å². The summed E-state index contributed by atoms with van der Waals surface area (Å²) < 4.78 is 24.6. The lowest BCUT2D eigenvalue weighted by Crippen LogP contribution is -2.49. The Hall–Kier alpha value is -4.91. The van der Waals surface area contributed by atoms with Crippen LogP contribution in [-0.2, 0) is 27.5 Å². The van der Waals surface area contributed by atoms with E-state index in [0.717, 1.165) is 39.3 Å². The number of morpholine rings is 1. The largest absolute Gasteiger partial charge is 0.489 e. The summed E-state index contributed by atoms with van der Waals surface area (Å²) in [6.45, 7) is 1.23. The molecule has 2 aliphatic heterocycles. The van der Waals surface area contributed by atoms with Gasteiger partial charge in [0.1, 0.15) is 49.7 Å². The maximum atomic E-state index is 13.4. The molecule has 0 unspecified atom stereocenters. The summed E-state index contributed by atoms with van der Waals surface area (Å²) in [6, 6.07) is 45.3. The van der Waals surface area contributed by atoms with E-state index in [-0.39, 0.29) is 18.6 Å². The lowest BCUT2D eigenvalue weighted by Gasteiger charge is -2.39. The van der Waals surface area contributed by atoms with Gasteiger partial charge in [-0.05, 0) is 52.1 Å². The van der Waals surface area contributed by atoms with Crippen LogP contribution >= 0.6 is 0 Å². The Balaban J connectivity index is 1.15. The predicted molar refractivity (Wildman–Crippen MR) is 167 cm³/mol. The fourth-order valence-electron chi connectivity index (χ4n) is 5.94. The van der Waals surface area contributed by atoms with Crippen molar-refractivity contribution in [3.63, 3.8) is 0 Å². The minimum atomic E-state index is -0.607. The molecule has 0 saturated carbocycles. The maximum Gasteiger partial charge on any atom is 0.326 e. The Morgan fingerprint density at radius 1 is 0.591 bits per heavy atom. The van der Waals surface area contributed by atoms with Crippen molar-refractivity contribution < 1.29 is 23.7 Å². The van der Waals surface area contributed by atoms with Gasteiger partial charge < -0.3 is 18.9 Å². The van der Waals surface area contributed by atoms with Crippen molar-refractivity contribution in [1.29, 1.82) is 0 Å². The van der Waals surface area contributed by atoms with Crippen LogP contribution in [0.25, 0.3) is 0 Å². The Labute approximate surface area is 257 Å². The molecular formula is C38H33NO5. The van der Waals surface area contributed by atoms with E-state index in [4.69, 9.17) is 18.9 Å². The molecule has 0 amide bonds. The zero-order valence-corrected chi connectivity index (χ0v) is 24.2. The van der Waals surface area contributed by atoms with Crippen LogP contribution in [0.3, 0.4) is 0 Å². The molecule has 5 aromatic carbocycles. The van der Waals surface area contributed by atoms with Gasteiger partial charge in [-0.15, -0.1) is 0 Å². The number of fused-ring (bicyclic) bond motifs is 1. The third-order valence-corrected chi connectivity index (χ3v) is 8.19. The number of cyclic esters (lactones) is 1. The van der Waals surface area contributed by atoms with E-state index < -0.39 is 18.4 Å². The van der Waals surface area contributed by atoms with Crippen LogP contribution in [0.4, 0.5) is 0 Å². The molecule has 0 radical (unpaired) electrons. The van der Waals surface area contributed by atoms with E-state index in [1.807, 2.05) is 127 Å². The first-order chi connectivity index (χ1) is 21.7.